The molecule has 2 rings (SSSR count). The molecule has 1 aromatic carbocycles. The maximum atomic E-state index is 11.6. The molecule has 0 bridgehead atoms. The number of carbonyl (C=O) groups excluding carboxylic acids is 1. The van der Waals surface area contributed by atoms with E-state index in [1.807, 2.05) is 24.3 Å². The Balaban J connectivity index is 1.79. The van der Waals surface area contributed by atoms with Crippen LogP contribution < -0.4 is 10.1 Å². The summed E-state index contributed by atoms with van der Waals surface area (Å²) in [6.45, 7) is 2.80. The second-order valence-electron chi connectivity index (χ2n) is 4.98. The van der Waals surface area contributed by atoms with Crippen molar-refractivity contribution < 1.29 is 13.9 Å². The minimum absolute atomic E-state index is 0.0154. The highest BCUT2D eigenvalue weighted by Crippen LogP contribution is 2.18. The van der Waals surface area contributed by atoms with Crippen LogP contribution in [0.2, 0.25) is 0 Å². The molecule has 6 nitrogen and oxygen atoms in total. The third-order valence-electron chi connectivity index (χ3n) is 3.14. The molecule has 0 atom stereocenters. The minimum atomic E-state index is -0.0154. The molecule has 0 spiro atoms. The third-order valence-corrected chi connectivity index (χ3v) is 3.96. The molecule has 7 heteroatoms. The molecule has 1 N–H and O–H groups in total. The number of methoxy groups -OCH3 is 1. The largest absolute Gasteiger partial charge is 0.497 e. The molecule has 0 aliphatic carbocycles. The number of aromatic nitrogens is 2. The maximum absolute atomic E-state index is 11.6. The Kier molecular flexibility index (Phi) is 6.93. The number of benzene rings is 1. The van der Waals surface area contributed by atoms with Gasteiger partial charge in [-0.15, -0.1) is 10.2 Å². The fraction of sp³-hybridized carbons (Fsp3) is 0.438. The lowest BCUT2D eigenvalue weighted by Crippen LogP contribution is -2.25. The molecule has 0 saturated heterocycles. The second-order valence-corrected chi connectivity index (χ2v) is 5.91. The number of amides is 1. The first kappa shape index (κ1) is 17.3. The van der Waals surface area contributed by atoms with Gasteiger partial charge in [0.25, 0.3) is 5.22 Å². The van der Waals surface area contributed by atoms with Crippen molar-refractivity contribution in [1.29, 1.82) is 0 Å². The molecule has 1 heterocycles. The van der Waals surface area contributed by atoms with Crippen molar-refractivity contribution in [3.8, 4) is 5.75 Å². The first-order valence-electron chi connectivity index (χ1n) is 7.56. The number of unbranched alkanes of at least 4 members (excludes halogenated alkanes) is 1. The summed E-state index contributed by atoms with van der Waals surface area (Å²) >= 11 is 1.25. The Hall–Kier alpha value is -2.02. The summed E-state index contributed by atoms with van der Waals surface area (Å²) in [5, 5.41) is 11.2. The topological polar surface area (TPSA) is 77.2 Å². The van der Waals surface area contributed by atoms with E-state index >= 15 is 0 Å². The van der Waals surface area contributed by atoms with Crippen LogP contribution >= 0.6 is 11.8 Å². The number of ether oxygens (including phenoxy) is 1. The van der Waals surface area contributed by atoms with Crippen LogP contribution in [-0.4, -0.2) is 35.5 Å². The number of thioether (sulfide) groups is 1. The predicted molar refractivity (Wildman–Crippen MR) is 88.7 cm³/mol. The molecule has 0 unspecified atom stereocenters. The van der Waals surface area contributed by atoms with Gasteiger partial charge in [0.1, 0.15) is 5.75 Å². The Labute approximate surface area is 140 Å². The number of hydrogen-bond acceptors (Lipinski definition) is 6. The molecular formula is C16H21N3O3S. The average Bonchev–Trinajstić information content (AvgIpc) is 3.01. The summed E-state index contributed by atoms with van der Waals surface area (Å²) in [6.07, 6.45) is 2.61. The lowest BCUT2D eigenvalue weighted by Gasteiger charge is -2.02. The molecule has 124 valence electrons. The molecule has 1 amide bonds. The standard InChI is InChI=1S/C16H21N3O3S/c1-3-4-9-17-14(20)11-23-16-19-18-15(22-16)10-12-5-7-13(21-2)8-6-12/h5-8H,3-4,9-11H2,1-2H3,(H,17,20). The number of hydrogen-bond donors (Lipinski definition) is 1. The van der Waals surface area contributed by atoms with Gasteiger partial charge in [-0.2, -0.15) is 0 Å². The van der Waals surface area contributed by atoms with Gasteiger partial charge in [-0.3, -0.25) is 4.79 Å². The van der Waals surface area contributed by atoms with Gasteiger partial charge < -0.3 is 14.5 Å². The Bertz CT molecular complexity index is 613. The summed E-state index contributed by atoms with van der Waals surface area (Å²) in [5.41, 5.74) is 1.06. The SMILES string of the molecule is CCCCNC(=O)CSc1nnc(Cc2ccc(OC)cc2)o1. The zero-order chi connectivity index (χ0) is 16.5. The van der Waals surface area contributed by atoms with Gasteiger partial charge in [-0.1, -0.05) is 37.2 Å². The van der Waals surface area contributed by atoms with Crippen molar-refractivity contribution in [2.45, 2.75) is 31.4 Å². The summed E-state index contributed by atoms with van der Waals surface area (Å²) < 4.78 is 10.7. The molecule has 1 aromatic heterocycles. The molecule has 2 aromatic rings. The van der Waals surface area contributed by atoms with Gasteiger partial charge >= 0.3 is 0 Å². The Morgan fingerprint density at radius 1 is 1.30 bits per heavy atom. The van der Waals surface area contributed by atoms with Gasteiger partial charge in [0.2, 0.25) is 11.8 Å². The first-order chi connectivity index (χ1) is 11.2. The number of carbonyl (C=O) groups is 1. The van der Waals surface area contributed by atoms with E-state index in [-0.39, 0.29) is 11.7 Å². The normalized spacial score (nSPS) is 10.5. The van der Waals surface area contributed by atoms with Crippen LogP contribution in [0.3, 0.4) is 0 Å². The van der Waals surface area contributed by atoms with Gasteiger partial charge in [0.15, 0.2) is 0 Å². The molecule has 0 aliphatic rings. The monoisotopic (exact) mass is 335 g/mol. The molecule has 0 aliphatic heterocycles. The second kappa shape index (κ2) is 9.19. The van der Waals surface area contributed by atoms with E-state index in [1.165, 1.54) is 11.8 Å². The smallest absolute Gasteiger partial charge is 0.277 e. The molecule has 0 radical (unpaired) electrons. The molecule has 0 fully saturated rings. The van der Waals surface area contributed by atoms with Crippen LogP contribution in [-0.2, 0) is 11.2 Å². The van der Waals surface area contributed by atoms with Crippen molar-refractivity contribution in [3.05, 3.63) is 35.7 Å². The summed E-state index contributed by atoms with van der Waals surface area (Å²) in [6, 6.07) is 7.69. The zero-order valence-corrected chi connectivity index (χ0v) is 14.2. The molecule has 0 saturated carbocycles. The van der Waals surface area contributed by atoms with Crippen LogP contribution in [0.25, 0.3) is 0 Å². The minimum Gasteiger partial charge on any atom is -0.497 e. The van der Waals surface area contributed by atoms with E-state index < -0.39 is 0 Å². The Morgan fingerprint density at radius 3 is 2.78 bits per heavy atom. The molecule has 23 heavy (non-hydrogen) atoms. The maximum Gasteiger partial charge on any atom is 0.277 e. The van der Waals surface area contributed by atoms with Gasteiger partial charge in [-0.05, 0) is 24.1 Å². The number of nitrogens with one attached hydrogen (secondary N) is 1. The quantitative estimate of drug-likeness (QED) is 0.561. The van der Waals surface area contributed by atoms with Crippen LogP contribution in [0.1, 0.15) is 31.2 Å². The average molecular weight is 335 g/mol. The highest BCUT2D eigenvalue weighted by Gasteiger charge is 2.10. The fourth-order valence-corrected chi connectivity index (χ4v) is 2.48. The van der Waals surface area contributed by atoms with Gasteiger partial charge in [0, 0.05) is 6.54 Å². The van der Waals surface area contributed by atoms with E-state index in [4.69, 9.17) is 9.15 Å². The molecular weight excluding hydrogens is 314 g/mol. The van der Waals surface area contributed by atoms with E-state index in [0.29, 0.717) is 24.1 Å². The van der Waals surface area contributed by atoms with E-state index in [0.717, 1.165) is 24.2 Å². The summed E-state index contributed by atoms with van der Waals surface area (Å²) in [5.74, 6) is 1.61. The summed E-state index contributed by atoms with van der Waals surface area (Å²) in [4.78, 5) is 11.6. The Morgan fingerprint density at radius 2 is 2.09 bits per heavy atom. The van der Waals surface area contributed by atoms with Crippen LogP contribution in [0.5, 0.6) is 5.75 Å². The van der Waals surface area contributed by atoms with Crippen LogP contribution in [0.15, 0.2) is 33.9 Å². The van der Waals surface area contributed by atoms with Crippen molar-refractivity contribution >= 4 is 17.7 Å². The van der Waals surface area contributed by atoms with E-state index in [1.54, 1.807) is 7.11 Å². The lowest BCUT2D eigenvalue weighted by atomic mass is 10.1. The van der Waals surface area contributed by atoms with Gasteiger partial charge in [0.05, 0.1) is 19.3 Å². The third kappa shape index (κ3) is 5.94. The lowest BCUT2D eigenvalue weighted by molar-refractivity contribution is -0.118. The highest BCUT2D eigenvalue weighted by atomic mass is 32.2. The highest BCUT2D eigenvalue weighted by molar-refractivity contribution is 7.99. The van der Waals surface area contributed by atoms with Crippen molar-refractivity contribution in [3.63, 3.8) is 0 Å². The van der Waals surface area contributed by atoms with Crippen molar-refractivity contribution in [1.82, 2.24) is 15.5 Å². The fourth-order valence-electron chi connectivity index (χ4n) is 1.87. The number of nitrogens with zero attached hydrogens (tertiary/aromatic N) is 2. The van der Waals surface area contributed by atoms with Crippen molar-refractivity contribution in [2.24, 2.45) is 0 Å². The van der Waals surface area contributed by atoms with E-state index in [2.05, 4.69) is 22.4 Å². The van der Waals surface area contributed by atoms with E-state index in [9.17, 15) is 4.79 Å². The predicted octanol–water partition coefficient (Wildman–Crippen LogP) is 2.68. The summed E-state index contributed by atoms with van der Waals surface area (Å²) in [7, 11) is 1.63. The zero-order valence-electron chi connectivity index (χ0n) is 13.4. The van der Waals surface area contributed by atoms with Crippen LogP contribution in [0.4, 0.5) is 0 Å². The van der Waals surface area contributed by atoms with Crippen LogP contribution in [0, 0.1) is 0 Å². The van der Waals surface area contributed by atoms with Gasteiger partial charge in [-0.25, -0.2) is 0 Å². The van der Waals surface area contributed by atoms with Crippen molar-refractivity contribution in [2.75, 3.05) is 19.4 Å². The number of rotatable bonds is 9. The first-order valence-corrected chi connectivity index (χ1v) is 8.54.